The van der Waals surface area contributed by atoms with E-state index >= 15 is 0 Å². The van der Waals surface area contributed by atoms with Gasteiger partial charge in [0.1, 0.15) is 5.60 Å². The average Bonchev–Trinajstić information content (AvgIpc) is 2.24. The number of nitrogens with zero attached hydrogens (tertiary/aromatic N) is 1. The molecule has 0 aromatic carbocycles. The summed E-state index contributed by atoms with van der Waals surface area (Å²) in [6.45, 7) is 8.34. The maximum absolute atomic E-state index is 10.4. The fraction of sp³-hybridized carbons (Fsp3) is 0.636. The first-order chi connectivity index (χ1) is 8.12. The minimum Gasteiger partial charge on any atom is -0.481 e. The summed E-state index contributed by atoms with van der Waals surface area (Å²) >= 11 is 0. The van der Waals surface area contributed by atoms with Gasteiger partial charge in [-0.2, -0.15) is 4.99 Å². The predicted octanol–water partition coefficient (Wildman–Crippen LogP) is 1.65. The maximum atomic E-state index is 10.4. The lowest BCUT2D eigenvalue weighted by molar-refractivity contribution is -0.145. The van der Waals surface area contributed by atoms with Crippen LogP contribution in [-0.4, -0.2) is 42.6 Å². The zero-order valence-corrected chi connectivity index (χ0v) is 11.1. The Kier molecular flexibility index (Phi) is 9.37. The zero-order valence-electron chi connectivity index (χ0n) is 11.1. The molecule has 0 heterocycles. The number of carboxylic acid groups (broad SMARTS) is 1. The molecule has 0 aliphatic heterocycles. The number of hydrogen-bond donors (Lipinski definition) is 1. The third-order valence-electron chi connectivity index (χ3n) is 1.29. The summed E-state index contributed by atoms with van der Waals surface area (Å²) in [6, 6.07) is 0. The van der Waals surface area contributed by atoms with Crippen molar-refractivity contribution in [2.75, 3.05) is 7.11 Å². The molecule has 0 spiro atoms. The standard InChI is InChI=1S/C6H11NO2.C5H8O4/c1-6(2,3)9-5(8)7-4;1-9-5(8)3-2-4(6)7/h4H2,1-3H3;2-3H2,1H3,(H,6,7). The van der Waals surface area contributed by atoms with Gasteiger partial charge in [-0.1, -0.05) is 0 Å². The average molecular weight is 261 g/mol. The van der Waals surface area contributed by atoms with Gasteiger partial charge in [0.15, 0.2) is 0 Å². The highest BCUT2D eigenvalue weighted by Gasteiger charge is 2.13. The van der Waals surface area contributed by atoms with Crippen molar-refractivity contribution in [3.8, 4) is 0 Å². The first kappa shape index (κ1) is 18.4. The van der Waals surface area contributed by atoms with E-state index in [1.165, 1.54) is 7.11 Å². The largest absolute Gasteiger partial charge is 0.481 e. The van der Waals surface area contributed by atoms with Crippen LogP contribution in [0.2, 0.25) is 0 Å². The number of aliphatic carboxylic acids is 1. The summed E-state index contributed by atoms with van der Waals surface area (Å²) in [6.07, 6.45) is -0.833. The van der Waals surface area contributed by atoms with Crippen molar-refractivity contribution in [2.45, 2.75) is 39.2 Å². The Morgan fingerprint density at radius 1 is 1.22 bits per heavy atom. The van der Waals surface area contributed by atoms with E-state index in [9.17, 15) is 14.4 Å². The number of carboxylic acids is 1. The van der Waals surface area contributed by atoms with Gasteiger partial charge in [0.2, 0.25) is 0 Å². The summed E-state index contributed by atoms with van der Waals surface area (Å²) in [5.41, 5.74) is -0.460. The highest BCUT2D eigenvalue weighted by atomic mass is 16.6. The number of rotatable bonds is 3. The van der Waals surface area contributed by atoms with Gasteiger partial charge in [-0.05, 0) is 27.5 Å². The molecule has 18 heavy (non-hydrogen) atoms. The zero-order chi connectivity index (χ0) is 14.8. The van der Waals surface area contributed by atoms with Gasteiger partial charge in [0.25, 0.3) is 0 Å². The number of hydrogen-bond acceptors (Lipinski definition) is 5. The molecule has 0 unspecified atom stereocenters. The highest BCUT2D eigenvalue weighted by molar-refractivity contribution is 5.76. The fourth-order valence-corrected chi connectivity index (χ4v) is 0.605. The van der Waals surface area contributed by atoms with E-state index in [-0.39, 0.29) is 12.8 Å². The molecule has 0 bridgehead atoms. The quantitative estimate of drug-likeness (QED) is 0.612. The van der Waals surface area contributed by atoms with Crippen molar-refractivity contribution in [1.29, 1.82) is 0 Å². The van der Waals surface area contributed by atoms with E-state index in [2.05, 4.69) is 16.4 Å². The molecule has 0 rings (SSSR count). The smallest absolute Gasteiger partial charge is 0.433 e. The molecular formula is C11H19NO6. The van der Waals surface area contributed by atoms with Crippen LogP contribution in [0.4, 0.5) is 4.79 Å². The van der Waals surface area contributed by atoms with Crippen LogP contribution in [0.15, 0.2) is 4.99 Å². The summed E-state index contributed by atoms with van der Waals surface area (Å²) in [5, 5.41) is 8.05. The molecule has 0 atom stereocenters. The number of carbonyl (C=O) groups is 3. The van der Waals surface area contributed by atoms with Crippen LogP contribution in [0.3, 0.4) is 0 Å². The predicted molar refractivity (Wildman–Crippen MR) is 64.7 cm³/mol. The lowest BCUT2D eigenvalue weighted by atomic mass is 10.2. The lowest BCUT2D eigenvalue weighted by Crippen LogP contribution is -2.21. The van der Waals surface area contributed by atoms with Crippen LogP contribution >= 0.6 is 0 Å². The van der Waals surface area contributed by atoms with Crippen molar-refractivity contribution >= 4 is 24.7 Å². The molecule has 7 nitrogen and oxygen atoms in total. The molecule has 1 amide bonds. The second kappa shape index (κ2) is 9.15. The number of methoxy groups -OCH3 is 1. The molecule has 0 aliphatic carbocycles. The summed E-state index contributed by atoms with van der Waals surface area (Å²) in [4.78, 5) is 33.5. The summed E-state index contributed by atoms with van der Waals surface area (Å²) in [5.74, 6) is -1.47. The second-order valence-corrected chi connectivity index (χ2v) is 4.11. The normalized spacial score (nSPS) is 9.56. The van der Waals surface area contributed by atoms with Gasteiger partial charge in [-0.15, -0.1) is 0 Å². The SMILES string of the molecule is C=NC(=O)OC(C)(C)C.COC(=O)CCC(=O)O. The molecule has 0 aromatic rings. The second-order valence-electron chi connectivity index (χ2n) is 4.11. The molecule has 104 valence electrons. The van der Waals surface area contributed by atoms with Crippen molar-refractivity contribution in [3.63, 3.8) is 0 Å². The molecule has 0 radical (unpaired) electrons. The van der Waals surface area contributed by atoms with E-state index < -0.39 is 23.6 Å². The third-order valence-corrected chi connectivity index (χ3v) is 1.29. The first-order valence-electron chi connectivity index (χ1n) is 5.10. The number of ether oxygens (including phenoxy) is 2. The van der Waals surface area contributed by atoms with E-state index in [1.54, 1.807) is 20.8 Å². The third kappa shape index (κ3) is 16.5. The van der Waals surface area contributed by atoms with Gasteiger partial charge in [0.05, 0.1) is 20.0 Å². The van der Waals surface area contributed by atoms with E-state index in [0.717, 1.165) is 0 Å². The molecule has 0 saturated carbocycles. The molecule has 0 aromatic heterocycles. The monoisotopic (exact) mass is 261 g/mol. The van der Waals surface area contributed by atoms with Gasteiger partial charge in [-0.25, -0.2) is 4.79 Å². The summed E-state index contributed by atoms with van der Waals surface area (Å²) in [7, 11) is 1.23. The highest BCUT2D eigenvalue weighted by Crippen LogP contribution is 2.07. The minimum atomic E-state index is -0.986. The number of aliphatic imine (C=N–C) groups is 1. The van der Waals surface area contributed by atoms with E-state index in [0.29, 0.717) is 0 Å². The van der Waals surface area contributed by atoms with Crippen LogP contribution in [0.1, 0.15) is 33.6 Å². The number of carbonyl (C=O) groups excluding carboxylic acids is 2. The minimum absolute atomic E-state index is 0.0498. The van der Waals surface area contributed by atoms with Crippen molar-refractivity contribution in [3.05, 3.63) is 0 Å². The topological polar surface area (TPSA) is 102 Å². The van der Waals surface area contributed by atoms with Crippen LogP contribution in [-0.2, 0) is 19.1 Å². The first-order valence-corrected chi connectivity index (χ1v) is 5.10. The van der Waals surface area contributed by atoms with Crippen LogP contribution in [0.5, 0.6) is 0 Å². The number of esters is 1. The van der Waals surface area contributed by atoms with Gasteiger partial charge in [-0.3, -0.25) is 9.59 Å². The summed E-state index contributed by atoms with van der Waals surface area (Å²) < 4.78 is 8.92. The van der Waals surface area contributed by atoms with Crippen molar-refractivity contribution in [1.82, 2.24) is 0 Å². The van der Waals surface area contributed by atoms with Crippen molar-refractivity contribution < 1.29 is 29.0 Å². The van der Waals surface area contributed by atoms with Gasteiger partial charge >= 0.3 is 18.0 Å². The number of amides is 1. The molecular weight excluding hydrogens is 242 g/mol. The molecule has 0 aliphatic rings. The molecule has 7 heteroatoms. The van der Waals surface area contributed by atoms with Crippen LogP contribution in [0, 0.1) is 0 Å². The maximum Gasteiger partial charge on any atom is 0.433 e. The van der Waals surface area contributed by atoms with Crippen LogP contribution in [0.25, 0.3) is 0 Å². The van der Waals surface area contributed by atoms with Crippen molar-refractivity contribution in [2.24, 2.45) is 4.99 Å². The Morgan fingerprint density at radius 2 is 1.72 bits per heavy atom. The van der Waals surface area contributed by atoms with E-state index in [1.807, 2.05) is 0 Å². The molecule has 0 fully saturated rings. The van der Waals surface area contributed by atoms with Crippen LogP contribution < -0.4 is 0 Å². The lowest BCUT2D eigenvalue weighted by Gasteiger charge is -2.16. The molecule has 1 N–H and O–H groups in total. The van der Waals surface area contributed by atoms with Gasteiger partial charge in [0, 0.05) is 0 Å². The fourth-order valence-electron chi connectivity index (χ4n) is 0.605. The Morgan fingerprint density at radius 3 is 1.94 bits per heavy atom. The molecule has 0 saturated heterocycles. The Bertz CT molecular complexity index is 305. The van der Waals surface area contributed by atoms with E-state index in [4.69, 9.17) is 9.84 Å². The Labute approximate surface area is 106 Å². The Hall–Kier alpha value is -1.92. The Balaban J connectivity index is 0. The van der Waals surface area contributed by atoms with Gasteiger partial charge < -0.3 is 14.6 Å².